The van der Waals surface area contributed by atoms with Crippen molar-refractivity contribution in [2.45, 2.75) is 0 Å². The summed E-state index contributed by atoms with van der Waals surface area (Å²) in [6, 6.07) is 96.1. The lowest BCUT2D eigenvalue weighted by Gasteiger charge is -2.13. The van der Waals surface area contributed by atoms with Crippen molar-refractivity contribution >= 4 is 54.4 Å². The predicted molar refractivity (Wildman–Crippen MR) is 301 cm³/mol. The van der Waals surface area contributed by atoms with Crippen molar-refractivity contribution in [2.75, 3.05) is 0 Å². The molecule has 14 rings (SSSR count). The van der Waals surface area contributed by atoms with Crippen molar-refractivity contribution in [1.82, 2.24) is 19.1 Å². The van der Waals surface area contributed by atoms with Gasteiger partial charge >= 0.3 is 0 Å². The van der Waals surface area contributed by atoms with E-state index in [4.69, 9.17) is 9.97 Å². The van der Waals surface area contributed by atoms with Crippen molar-refractivity contribution < 1.29 is 0 Å². The molecule has 0 aliphatic rings. The lowest BCUT2D eigenvalue weighted by molar-refractivity contribution is 1.16. The molecule has 0 saturated carbocycles. The summed E-state index contributed by atoms with van der Waals surface area (Å²) in [4.78, 5) is 10.4. The smallest absolute Gasteiger partial charge is 0.160 e. The molecule has 0 aliphatic heterocycles. The zero-order valence-electron chi connectivity index (χ0n) is 39.2. The van der Waals surface area contributed by atoms with Crippen LogP contribution in [0.4, 0.5) is 0 Å². The van der Waals surface area contributed by atoms with Gasteiger partial charge in [0.1, 0.15) is 0 Å². The summed E-state index contributed by atoms with van der Waals surface area (Å²) in [5.74, 6) is 0.687. The van der Waals surface area contributed by atoms with Crippen LogP contribution in [0.2, 0.25) is 0 Å². The van der Waals surface area contributed by atoms with Gasteiger partial charge in [-0.25, -0.2) is 9.97 Å². The van der Waals surface area contributed by atoms with Crippen molar-refractivity contribution in [3.8, 4) is 78.7 Å². The van der Waals surface area contributed by atoms with E-state index >= 15 is 0 Å². The van der Waals surface area contributed by atoms with Crippen LogP contribution in [0, 0.1) is 0 Å². The first-order valence-electron chi connectivity index (χ1n) is 24.5. The highest BCUT2D eigenvalue weighted by Crippen LogP contribution is 2.41. The summed E-state index contributed by atoms with van der Waals surface area (Å²) in [6.07, 6.45) is 0. The fourth-order valence-corrected chi connectivity index (χ4v) is 10.8. The number of para-hydroxylation sites is 1. The number of aromatic nitrogens is 4. The molecule has 4 heteroatoms. The van der Waals surface area contributed by atoms with Gasteiger partial charge < -0.3 is 9.13 Å². The lowest BCUT2D eigenvalue weighted by Crippen LogP contribution is -1.98. The Labute approximate surface area is 417 Å². The second kappa shape index (κ2) is 17.1. The standard InChI is InChI=1S/C68H44N4/c1-4-16-45(17-5-1)47-30-32-48(33-31-47)62-44-63(70-68(69-62)49-20-8-3-9-21-49)55-26-15-27-56(39-55)71-65-36-34-54(51-25-14-24-50(38-51)46-18-6-2-7-19-46)41-60(65)61-43-57(35-37-66(61)71)72-64-29-13-12-28-58(64)59-40-52-22-10-11-23-53(52)42-67(59)72/h1-44H. The third kappa shape index (κ3) is 7.16. The molecular formula is C68H44N4. The minimum absolute atomic E-state index is 0.687. The van der Waals surface area contributed by atoms with Gasteiger partial charge in [-0.2, -0.15) is 0 Å². The van der Waals surface area contributed by atoms with Gasteiger partial charge in [0.15, 0.2) is 5.82 Å². The summed E-state index contributed by atoms with van der Waals surface area (Å²) in [6.45, 7) is 0. The zero-order chi connectivity index (χ0) is 47.5. The molecular weight excluding hydrogens is 873 g/mol. The normalized spacial score (nSPS) is 11.6. The maximum atomic E-state index is 5.27. The van der Waals surface area contributed by atoms with Gasteiger partial charge in [-0.3, -0.25) is 0 Å². The molecule has 14 aromatic rings. The fraction of sp³-hybridized carbons (Fsp3) is 0. The average molecular weight is 917 g/mol. The van der Waals surface area contributed by atoms with E-state index in [0.29, 0.717) is 5.82 Å². The number of rotatable bonds is 8. The van der Waals surface area contributed by atoms with Gasteiger partial charge in [0.05, 0.1) is 33.5 Å². The number of nitrogens with zero attached hydrogens (tertiary/aromatic N) is 4. The molecule has 0 amide bonds. The molecule has 0 radical (unpaired) electrons. The van der Waals surface area contributed by atoms with Crippen LogP contribution in [-0.2, 0) is 0 Å². The van der Waals surface area contributed by atoms with Crippen LogP contribution in [0.5, 0.6) is 0 Å². The van der Waals surface area contributed by atoms with Crippen LogP contribution < -0.4 is 0 Å². The topological polar surface area (TPSA) is 35.6 Å². The quantitative estimate of drug-likeness (QED) is 0.152. The minimum atomic E-state index is 0.687. The lowest BCUT2D eigenvalue weighted by atomic mass is 9.98. The highest BCUT2D eigenvalue weighted by molar-refractivity contribution is 6.15. The number of hydrogen-bond acceptors (Lipinski definition) is 2. The van der Waals surface area contributed by atoms with Gasteiger partial charge in [-0.15, -0.1) is 0 Å². The van der Waals surface area contributed by atoms with E-state index in [0.717, 1.165) is 50.5 Å². The number of benzene rings is 11. The van der Waals surface area contributed by atoms with Gasteiger partial charge in [0, 0.05) is 49.6 Å². The second-order valence-electron chi connectivity index (χ2n) is 18.6. The molecule has 0 bridgehead atoms. The largest absolute Gasteiger partial charge is 0.309 e. The molecule has 3 aromatic heterocycles. The molecule has 0 saturated heterocycles. The molecule has 4 nitrogen and oxygen atoms in total. The predicted octanol–water partition coefficient (Wildman–Crippen LogP) is 17.8. The molecule has 0 fully saturated rings. The van der Waals surface area contributed by atoms with Crippen LogP contribution in [0.15, 0.2) is 267 Å². The molecule has 0 spiro atoms. The van der Waals surface area contributed by atoms with E-state index < -0.39 is 0 Å². The van der Waals surface area contributed by atoms with E-state index in [1.54, 1.807) is 0 Å². The molecule has 72 heavy (non-hydrogen) atoms. The van der Waals surface area contributed by atoms with Gasteiger partial charge in [0.25, 0.3) is 0 Å². The zero-order valence-corrected chi connectivity index (χ0v) is 39.2. The van der Waals surface area contributed by atoms with Crippen molar-refractivity contribution in [2.24, 2.45) is 0 Å². The van der Waals surface area contributed by atoms with Crippen LogP contribution >= 0.6 is 0 Å². The maximum absolute atomic E-state index is 5.27. The van der Waals surface area contributed by atoms with Crippen LogP contribution in [0.3, 0.4) is 0 Å². The first-order chi connectivity index (χ1) is 35.7. The summed E-state index contributed by atoms with van der Waals surface area (Å²) in [5, 5.41) is 7.31. The van der Waals surface area contributed by atoms with Crippen LogP contribution in [0.1, 0.15) is 0 Å². The molecule has 0 N–H and O–H groups in total. The van der Waals surface area contributed by atoms with Crippen molar-refractivity contribution in [3.05, 3.63) is 267 Å². The van der Waals surface area contributed by atoms with E-state index in [-0.39, 0.29) is 0 Å². The molecule has 3 heterocycles. The Morgan fingerprint density at radius 1 is 0.222 bits per heavy atom. The van der Waals surface area contributed by atoms with Crippen molar-refractivity contribution in [3.63, 3.8) is 0 Å². The molecule has 0 unspecified atom stereocenters. The Morgan fingerprint density at radius 3 is 1.43 bits per heavy atom. The Balaban J connectivity index is 0.955. The van der Waals surface area contributed by atoms with E-state index in [9.17, 15) is 0 Å². The van der Waals surface area contributed by atoms with Crippen molar-refractivity contribution in [1.29, 1.82) is 0 Å². The number of fused-ring (bicyclic) bond motifs is 7. The van der Waals surface area contributed by atoms with Crippen LogP contribution in [-0.4, -0.2) is 19.1 Å². The summed E-state index contributed by atoms with van der Waals surface area (Å²) in [5.41, 5.74) is 18.6. The van der Waals surface area contributed by atoms with E-state index in [1.165, 1.54) is 76.7 Å². The third-order valence-corrected chi connectivity index (χ3v) is 14.3. The highest BCUT2D eigenvalue weighted by Gasteiger charge is 2.19. The summed E-state index contributed by atoms with van der Waals surface area (Å²) in [7, 11) is 0. The summed E-state index contributed by atoms with van der Waals surface area (Å²) < 4.78 is 4.86. The highest BCUT2D eigenvalue weighted by atomic mass is 15.0. The monoisotopic (exact) mass is 916 g/mol. The van der Waals surface area contributed by atoms with Gasteiger partial charge in [-0.05, 0) is 117 Å². The van der Waals surface area contributed by atoms with E-state index in [2.05, 4.69) is 258 Å². The molecule has 336 valence electrons. The Bertz CT molecular complexity index is 4360. The first-order valence-corrected chi connectivity index (χ1v) is 24.5. The Hall–Kier alpha value is -9.64. The molecule has 0 atom stereocenters. The second-order valence-corrected chi connectivity index (χ2v) is 18.6. The molecule has 0 aliphatic carbocycles. The maximum Gasteiger partial charge on any atom is 0.160 e. The SMILES string of the molecule is c1ccc(-c2ccc(-c3cc(-c4cccc(-n5c6ccc(-c7cccc(-c8ccccc8)c7)cc6c6cc(-n7c8ccccc8c8cc9ccccc9cc87)ccc65)c4)nc(-c4ccccc4)n3)cc2)cc1. The summed E-state index contributed by atoms with van der Waals surface area (Å²) >= 11 is 0. The first kappa shape index (κ1) is 41.3. The Morgan fingerprint density at radius 2 is 0.681 bits per heavy atom. The fourth-order valence-electron chi connectivity index (χ4n) is 10.8. The Kier molecular flexibility index (Phi) is 9.82. The average Bonchev–Trinajstić information content (AvgIpc) is 3.96. The van der Waals surface area contributed by atoms with E-state index in [1.807, 2.05) is 18.2 Å². The third-order valence-electron chi connectivity index (χ3n) is 14.3. The number of hydrogen-bond donors (Lipinski definition) is 0. The van der Waals surface area contributed by atoms with Gasteiger partial charge in [0.2, 0.25) is 0 Å². The minimum Gasteiger partial charge on any atom is -0.309 e. The van der Waals surface area contributed by atoms with Crippen LogP contribution in [0.25, 0.3) is 133 Å². The van der Waals surface area contributed by atoms with Gasteiger partial charge in [-0.1, -0.05) is 194 Å². The molecule has 11 aromatic carbocycles.